The maximum Gasteiger partial charge on any atom is 0.266 e. The lowest BCUT2D eigenvalue weighted by atomic mass is 10.1. The molecule has 0 aliphatic heterocycles. The van der Waals surface area contributed by atoms with Gasteiger partial charge in [-0.2, -0.15) is 0 Å². The molecule has 0 spiro atoms. The van der Waals surface area contributed by atoms with Crippen LogP contribution in [-0.2, 0) is 6.54 Å². The standard InChI is InChI=1S/C7H10F2N4/c8-6(9)4-3(1-10)2-13-7(12)5(4)11/h2,6H,1,10-11H2,(H2,12,13). The summed E-state index contributed by atoms with van der Waals surface area (Å²) >= 11 is 0. The van der Waals surface area contributed by atoms with Gasteiger partial charge in [-0.05, 0) is 5.56 Å². The Bertz CT molecular complexity index is 314. The zero-order chi connectivity index (χ0) is 10.0. The van der Waals surface area contributed by atoms with E-state index < -0.39 is 6.43 Å². The van der Waals surface area contributed by atoms with E-state index in [1.54, 1.807) is 0 Å². The first-order valence-electron chi connectivity index (χ1n) is 3.58. The Balaban J connectivity index is 3.32. The van der Waals surface area contributed by atoms with Crippen molar-refractivity contribution in [3.8, 4) is 0 Å². The van der Waals surface area contributed by atoms with Crippen molar-refractivity contribution in [2.24, 2.45) is 5.73 Å². The Morgan fingerprint density at radius 2 is 2.00 bits per heavy atom. The topological polar surface area (TPSA) is 90.9 Å². The van der Waals surface area contributed by atoms with E-state index in [4.69, 9.17) is 17.2 Å². The molecular formula is C7H10F2N4. The number of nitrogens with zero attached hydrogens (tertiary/aromatic N) is 1. The van der Waals surface area contributed by atoms with E-state index in [-0.39, 0.29) is 29.2 Å². The zero-order valence-corrected chi connectivity index (χ0v) is 6.80. The van der Waals surface area contributed by atoms with Gasteiger partial charge in [0, 0.05) is 12.7 Å². The van der Waals surface area contributed by atoms with E-state index in [1.807, 2.05) is 0 Å². The fraction of sp³-hybridized carbons (Fsp3) is 0.286. The molecule has 0 saturated heterocycles. The van der Waals surface area contributed by atoms with Gasteiger partial charge in [-0.1, -0.05) is 0 Å². The molecule has 6 N–H and O–H groups in total. The molecule has 4 nitrogen and oxygen atoms in total. The fourth-order valence-corrected chi connectivity index (χ4v) is 1.02. The zero-order valence-electron chi connectivity index (χ0n) is 6.80. The predicted molar refractivity (Wildman–Crippen MR) is 45.9 cm³/mol. The molecule has 0 unspecified atom stereocenters. The Morgan fingerprint density at radius 3 is 2.46 bits per heavy atom. The van der Waals surface area contributed by atoms with Crippen LogP contribution in [0.3, 0.4) is 0 Å². The van der Waals surface area contributed by atoms with Crippen molar-refractivity contribution in [3.63, 3.8) is 0 Å². The van der Waals surface area contributed by atoms with Crippen LogP contribution in [0.4, 0.5) is 20.3 Å². The second kappa shape index (κ2) is 3.53. The Morgan fingerprint density at radius 1 is 1.38 bits per heavy atom. The number of rotatable bonds is 2. The summed E-state index contributed by atoms with van der Waals surface area (Å²) in [4.78, 5) is 3.63. The molecule has 0 bridgehead atoms. The van der Waals surface area contributed by atoms with Gasteiger partial charge >= 0.3 is 0 Å². The first-order valence-corrected chi connectivity index (χ1v) is 3.58. The summed E-state index contributed by atoms with van der Waals surface area (Å²) in [5.41, 5.74) is 15.6. The van der Waals surface area contributed by atoms with Gasteiger partial charge in [0.1, 0.15) is 5.82 Å². The van der Waals surface area contributed by atoms with Crippen LogP contribution in [0, 0.1) is 0 Å². The third kappa shape index (κ3) is 1.67. The average Bonchev–Trinajstić information content (AvgIpc) is 2.08. The molecule has 1 rings (SSSR count). The van der Waals surface area contributed by atoms with Crippen molar-refractivity contribution in [3.05, 3.63) is 17.3 Å². The van der Waals surface area contributed by atoms with Crippen LogP contribution in [-0.4, -0.2) is 4.98 Å². The van der Waals surface area contributed by atoms with Gasteiger partial charge in [-0.3, -0.25) is 0 Å². The molecule has 72 valence electrons. The van der Waals surface area contributed by atoms with Crippen LogP contribution < -0.4 is 17.2 Å². The molecule has 0 radical (unpaired) electrons. The first-order chi connectivity index (χ1) is 6.07. The number of alkyl halides is 2. The molecule has 0 aliphatic carbocycles. The predicted octanol–water partition coefficient (Wildman–Crippen LogP) is 0.642. The van der Waals surface area contributed by atoms with Crippen molar-refractivity contribution in [1.29, 1.82) is 0 Å². The van der Waals surface area contributed by atoms with Crippen molar-refractivity contribution < 1.29 is 8.78 Å². The average molecular weight is 188 g/mol. The van der Waals surface area contributed by atoms with Crippen molar-refractivity contribution in [1.82, 2.24) is 4.98 Å². The van der Waals surface area contributed by atoms with Gasteiger partial charge in [0.15, 0.2) is 0 Å². The molecule has 0 atom stereocenters. The summed E-state index contributed by atoms with van der Waals surface area (Å²) in [7, 11) is 0. The normalized spacial score (nSPS) is 10.8. The minimum absolute atomic E-state index is 0.0306. The minimum Gasteiger partial charge on any atom is -0.395 e. The molecule has 1 aromatic heterocycles. The quantitative estimate of drug-likeness (QED) is 0.635. The number of pyridine rings is 1. The highest BCUT2D eigenvalue weighted by atomic mass is 19.3. The third-order valence-corrected chi connectivity index (χ3v) is 1.71. The molecule has 0 aromatic carbocycles. The number of aromatic nitrogens is 1. The van der Waals surface area contributed by atoms with E-state index in [9.17, 15) is 8.78 Å². The SMILES string of the molecule is NCc1cnc(N)c(N)c1C(F)F. The van der Waals surface area contributed by atoms with E-state index in [0.717, 1.165) is 0 Å². The summed E-state index contributed by atoms with van der Waals surface area (Å²) in [6, 6.07) is 0. The molecule has 13 heavy (non-hydrogen) atoms. The van der Waals surface area contributed by atoms with Gasteiger partial charge in [-0.15, -0.1) is 0 Å². The largest absolute Gasteiger partial charge is 0.395 e. The summed E-state index contributed by atoms with van der Waals surface area (Å²) in [6.07, 6.45) is -1.46. The molecule has 1 heterocycles. The lowest BCUT2D eigenvalue weighted by Crippen LogP contribution is -2.09. The summed E-state index contributed by atoms with van der Waals surface area (Å²) in [6.45, 7) is -0.0306. The van der Waals surface area contributed by atoms with Gasteiger partial charge in [0.05, 0.1) is 11.3 Å². The summed E-state index contributed by atoms with van der Waals surface area (Å²) in [5, 5.41) is 0. The van der Waals surface area contributed by atoms with Crippen molar-refractivity contribution >= 4 is 11.5 Å². The lowest BCUT2D eigenvalue weighted by molar-refractivity contribution is 0.151. The highest BCUT2D eigenvalue weighted by Crippen LogP contribution is 2.30. The van der Waals surface area contributed by atoms with Gasteiger partial charge in [-0.25, -0.2) is 13.8 Å². The fourth-order valence-electron chi connectivity index (χ4n) is 1.02. The minimum atomic E-state index is -2.68. The molecule has 0 amide bonds. The molecular weight excluding hydrogens is 178 g/mol. The molecule has 1 aromatic rings. The van der Waals surface area contributed by atoms with E-state index in [1.165, 1.54) is 6.20 Å². The Labute approximate surface area is 73.7 Å². The van der Waals surface area contributed by atoms with Gasteiger partial charge in [0.2, 0.25) is 0 Å². The second-order valence-corrected chi connectivity index (χ2v) is 2.50. The number of hydrogen-bond acceptors (Lipinski definition) is 4. The van der Waals surface area contributed by atoms with Crippen molar-refractivity contribution in [2.45, 2.75) is 13.0 Å². The second-order valence-electron chi connectivity index (χ2n) is 2.50. The van der Waals surface area contributed by atoms with Crippen LogP contribution in [0.1, 0.15) is 17.6 Å². The van der Waals surface area contributed by atoms with Gasteiger partial charge in [0.25, 0.3) is 6.43 Å². The number of anilines is 2. The molecule has 0 saturated carbocycles. The van der Waals surface area contributed by atoms with E-state index >= 15 is 0 Å². The Hall–Kier alpha value is -1.43. The molecule has 0 aliphatic rings. The monoisotopic (exact) mass is 188 g/mol. The Kier molecular flexibility index (Phi) is 2.62. The maximum atomic E-state index is 12.4. The highest BCUT2D eigenvalue weighted by Gasteiger charge is 2.18. The number of nitrogen functional groups attached to an aromatic ring is 2. The number of nitrogens with two attached hydrogens (primary N) is 3. The molecule has 6 heteroatoms. The van der Waals surface area contributed by atoms with Crippen molar-refractivity contribution in [2.75, 3.05) is 11.5 Å². The van der Waals surface area contributed by atoms with Crippen LogP contribution in [0.2, 0.25) is 0 Å². The third-order valence-electron chi connectivity index (χ3n) is 1.71. The van der Waals surface area contributed by atoms with Crippen LogP contribution >= 0.6 is 0 Å². The van der Waals surface area contributed by atoms with Crippen LogP contribution in [0.15, 0.2) is 6.20 Å². The maximum absolute atomic E-state index is 12.4. The number of halogens is 2. The van der Waals surface area contributed by atoms with E-state index in [0.29, 0.717) is 0 Å². The van der Waals surface area contributed by atoms with Crippen LogP contribution in [0.5, 0.6) is 0 Å². The summed E-state index contributed by atoms with van der Waals surface area (Å²) in [5.74, 6) is -0.0903. The first kappa shape index (κ1) is 9.66. The summed E-state index contributed by atoms with van der Waals surface area (Å²) < 4.78 is 24.9. The van der Waals surface area contributed by atoms with E-state index in [2.05, 4.69) is 4.98 Å². The highest BCUT2D eigenvalue weighted by molar-refractivity contribution is 5.65. The van der Waals surface area contributed by atoms with Gasteiger partial charge < -0.3 is 17.2 Å². The molecule has 0 fully saturated rings. The lowest BCUT2D eigenvalue weighted by Gasteiger charge is -2.10. The number of hydrogen-bond donors (Lipinski definition) is 3. The smallest absolute Gasteiger partial charge is 0.266 e. The van der Waals surface area contributed by atoms with Crippen LogP contribution in [0.25, 0.3) is 0 Å².